The van der Waals surface area contributed by atoms with Crippen LogP contribution in [0.25, 0.3) is 0 Å². The lowest BCUT2D eigenvalue weighted by molar-refractivity contribution is -0.274. The molecule has 0 aromatic heterocycles. The van der Waals surface area contributed by atoms with Crippen LogP contribution in [0.3, 0.4) is 0 Å². The van der Waals surface area contributed by atoms with E-state index in [4.69, 9.17) is 5.11 Å². The van der Waals surface area contributed by atoms with Crippen LogP contribution in [0.1, 0.15) is 27.9 Å². The Morgan fingerprint density at radius 1 is 0.970 bits per heavy atom. The summed E-state index contributed by atoms with van der Waals surface area (Å²) in [7, 11) is 0. The van der Waals surface area contributed by atoms with Crippen LogP contribution in [0.5, 0.6) is 5.75 Å². The predicted molar refractivity (Wildman–Crippen MR) is 109 cm³/mol. The number of aliphatic hydroxyl groups excluding tert-OH is 1. The molecule has 0 saturated heterocycles. The molecule has 2 rings (SSSR count). The van der Waals surface area contributed by atoms with Gasteiger partial charge in [0.25, 0.3) is 5.91 Å². The number of amides is 2. The molecule has 0 spiro atoms. The third-order valence-electron chi connectivity index (χ3n) is 4.50. The maximum absolute atomic E-state index is 12.6. The largest absolute Gasteiger partial charge is 0.573 e. The van der Waals surface area contributed by atoms with E-state index in [0.717, 1.165) is 12.1 Å². The highest BCUT2D eigenvalue weighted by Crippen LogP contribution is 2.23. The minimum Gasteiger partial charge on any atom is -0.406 e. The monoisotopic (exact) mass is 474 g/mol. The lowest BCUT2D eigenvalue weighted by Crippen LogP contribution is -2.48. The van der Waals surface area contributed by atoms with Crippen molar-refractivity contribution >= 4 is 11.8 Å². The Morgan fingerprint density at radius 2 is 1.58 bits per heavy atom. The summed E-state index contributed by atoms with van der Waals surface area (Å²) >= 11 is 0. The number of carbonyl (C=O) groups excluding carboxylic acids is 2. The molecule has 180 valence electrons. The van der Waals surface area contributed by atoms with Crippen LogP contribution in [0.2, 0.25) is 0 Å². The van der Waals surface area contributed by atoms with Crippen molar-refractivity contribution in [3.8, 4) is 5.75 Å². The van der Waals surface area contributed by atoms with Gasteiger partial charge in [-0.05, 0) is 41.8 Å². The van der Waals surface area contributed by atoms with Crippen LogP contribution < -0.4 is 15.4 Å². The summed E-state index contributed by atoms with van der Waals surface area (Å²) in [6.45, 7) is -0.377. The number of hydrogen-bond acceptors (Lipinski definition) is 4. The van der Waals surface area contributed by atoms with E-state index >= 15 is 0 Å². The van der Waals surface area contributed by atoms with E-state index in [2.05, 4.69) is 15.4 Å². The summed E-state index contributed by atoms with van der Waals surface area (Å²) in [5.41, 5.74) is 1.28. The maximum Gasteiger partial charge on any atom is 0.573 e. The van der Waals surface area contributed by atoms with Gasteiger partial charge < -0.3 is 20.5 Å². The highest BCUT2D eigenvalue weighted by atomic mass is 19.4. The Hall–Kier alpha value is -3.21. The molecule has 0 aliphatic carbocycles. The SMILES string of the molecule is O=C(NC(Cc1ccc(OC(F)(F)F)cc1)C(=O)NCCO)c1ccc(CCC(F)F)cc1. The highest BCUT2D eigenvalue weighted by molar-refractivity contribution is 5.97. The van der Waals surface area contributed by atoms with Crippen molar-refractivity contribution in [1.29, 1.82) is 0 Å². The first-order valence-electron chi connectivity index (χ1n) is 9.98. The molecule has 6 nitrogen and oxygen atoms in total. The van der Waals surface area contributed by atoms with Gasteiger partial charge in [0.15, 0.2) is 0 Å². The zero-order valence-electron chi connectivity index (χ0n) is 17.4. The van der Waals surface area contributed by atoms with Gasteiger partial charge in [0.1, 0.15) is 11.8 Å². The van der Waals surface area contributed by atoms with Crippen LogP contribution in [-0.2, 0) is 17.6 Å². The van der Waals surface area contributed by atoms with Gasteiger partial charge in [-0.2, -0.15) is 0 Å². The summed E-state index contributed by atoms with van der Waals surface area (Å²) in [6.07, 6.45) is -7.45. The van der Waals surface area contributed by atoms with Crippen molar-refractivity contribution in [3.05, 3.63) is 65.2 Å². The number of halogens is 5. The van der Waals surface area contributed by atoms with E-state index in [-0.39, 0.29) is 38.0 Å². The summed E-state index contributed by atoms with van der Waals surface area (Å²) in [5.74, 6) is -1.62. The molecule has 0 fully saturated rings. The molecule has 0 bridgehead atoms. The average molecular weight is 474 g/mol. The standard InChI is InChI=1S/C22H23F5N2O4/c23-19(24)10-5-14-1-6-16(7-2-14)20(31)29-18(21(32)28-11-12-30)13-15-3-8-17(9-4-15)33-22(25,26)27/h1-4,6-9,18-19,30H,5,10-13H2,(H,28,32)(H,29,31). The Bertz CT molecular complexity index is 902. The molecule has 0 saturated carbocycles. The van der Waals surface area contributed by atoms with Gasteiger partial charge in [0, 0.05) is 24.9 Å². The molecule has 11 heteroatoms. The first kappa shape index (κ1) is 26.0. The van der Waals surface area contributed by atoms with Gasteiger partial charge in [0.2, 0.25) is 12.3 Å². The molecule has 2 amide bonds. The van der Waals surface area contributed by atoms with Gasteiger partial charge >= 0.3 is 6.36 Å². The Balaban J connectivity index is 2.08. The Kier molecular flexibility index (Phi) is 9.58. The van der Waals surface area contributed by atoms with Crippen molar-refractivity contribution in [3.63, 3.8) is 0 Å². The molecule has 3 N–H and O–H groups in total. The summed E-state index contributed by atoms with van der Waals surface area (Å²) in [5, 5.41) is 13.9. The van der Waals surface area contributed by atoms with Gasteiger partial charge in [-0.25, -0.2) is 8.78 Å². The zero-order chi connectivity index (χ0) is 24.4. The maximum atomic E-state index is 12.6. The van der Waals surface area contributed by atoms with Crippen LogP contribution in [-0.4, -0.2) is 48.9 Å². The van der Waals surface area contributed by atoms with Crippen molar-refractivity contribution in [2.45, 2.75) is 38.1 Å². The normalized spacial score (nSPS) is 12.3. The number of carbonyl (C=O) groups is 2. The number of alkyl halides is 5. The second-order valence-electron chi connectivity index (χ2n) is 7.06. The van der Waals surface area contributed by atoms with Crippen molar-refractivity contribution < 1.29 is 41.4 Å². The van der Waals surface area contributed by atoms with Crippen LogP contribution >= 0.6 is 0 Å². The summed E-state index contributed by atoms with van der Waals surface area (Å²) in [6, 6.07) is 9.72. The van der Waals surface area contributed by atoms with E-state index < -0.39 is 36.4 Å². The van der Waals surface area contributed by atoms with Crippen molar-refractivity contribution in [2.75, 3.05) is 13.2 Å². The first-order valence-corrected chi connectivity index (χ1v) is 9.98. The molecular weight excluding hydrogens is 451 g/mol. The Morgan fingerprint density at radius 3 is 2.12 bits per heavy atom. The highest BCUT2D eigenvalue weighted by Gasteiger charge is 2.31. The van der Waals surface area contributed by atoms with E-state index in [1.54, 1.807) is 0 Å². The third-order valence-corrected chi connectivity index (χ3v) is 4.50. The molecule has 2 aromatic carbocycles. The number of aryl methyl sites for hydroxylation is 1. The fourth-order valence-electron chi connectivity index (χ4n) is 2.91. The molecule has 0 aliphatic rings. The van der Waals surface area contributed by atoms with Crippen LogP contribution in [0, 0.1) is 0 Å². The summed E-state index contributed by atoms with van der Waals surface area (Å²) < 4.78 is 65.4. The molecular formula is C22H23F5N2O4. The van der Waals surface area contributed by atoms with Crippen molar-refractivity contribution in [1.82, 2.24) is 10.6 Å². The van der Waals surface area contributed by atoms with E-state index in [0.29, 0.717) is 11.1 Å². The molecule has 1 unspecified atom stereocenters. The molecule has 1 atom stereocenters. The number of ether oxygens (including phenoxy) is 1. The lowest BCUT2D eigenvalue weighted by atomic mass is 10.0. The molecule has 0 aliphatic heterocycles. The number of rotatable bonds is 11. The quantitative estimate of drug-likeness (QED) is 0.437. The smallest absolute Gasteiger partial charge is 0.406 e. The van der Waals surface area contributed by atoms with Crippen LogP contribution in [0.4, 0.5) is 22.0 Å². The number of nitrogens with one attached hydrogen (secondary N) is 2. The van der Waals surface area contributed by atoms with Gasteiger partial charge in [-0.3, -0.25) is 9.59 Å². The zero-order valence-corrected chi connectivity index (χ0v) is 17.4. The number of benzene rings is 2. The molecule has 0 heterocycles. The first-order chi connectivity index (χ1) is 15.6. The topological polar surface area (TPSA) is 87.7 Å². The van der Waals surface area contributed by atoms with Gasteiger partial charge in [0.05, 0.1) is 6.61 Å². The average Bonchev–Trinajstić information content (AvgIpc) is 2.76. The van der Waals surface area contributed by atoms with Gasteiger partial charge in [-0.15, -0.1) is 13.2 Å². The molecule has 2 aromatic rings. The third kappa shape index (κ3) is 9.44. The van der Waals surface area contributed by atoms with E-state index in [1.807, 2.05) is 0 Å². The fraction of sp³-hybridized carbons (Fsp3) is 0.364. The minimum absolute atomic E-state index is 0.0399. The molecule has 0 radical (unpaired) electrons. The fourth-order valence-corrected chi connectivity index (χ4v) is 2.91. The molecule has 33 heavy (non-hydrogen) atoms. The van der Waals surface area contributed by atoms with E-state index in [1.165, 1.54) is 36.4 Å². The lowest BCUT2D eigenvalue weighted by Gasteiger charge is -2.19. The van der Waals surface area contributed by atoms with Gasteiger partial charge in [-0.1, -0.05) is 24.3 Å². The van der Waals surface area contributed by atoms with Crippen molar-refractivity contribution in [2.24, 2.45) is 0 Å². The number of aliphatic hydroxyl groups is 1. The predicted octanol–water partition coefficient (Wildman–Crippen LogP) is 3.23. The minimum atomic E-state index is -4.84. The summed E-state index contributed by atoms with van der Waals surface area (Å²) in [4.78, 5) is 25.1. The Labute approximate surface area is 186 Å². The second-order valence-corrected chi connectivity index (χ2v) is 7.06. The van der Waals surface area contributed by atoms with E-state index in [9.17, 15) is 31.5 Å². The number of hydrogen-bond donors (Lipinski definition) is 3. The second kappa shape index (κ2) is 12.1. The van der Waals surface area contributed by atoms with Crippen LogP contribution in [0.15, 0.2) is 48.5 Å².